The summed E-state index contributed by atoms with van der Waals surface area (Å²) in [4.78, 5) is 15.1. The minimum absolute atomic E-state index is 0.0377. The first kappa shape index (κ1) is 18.5. The lowest BCUT2D eigenvalue weighted by molar-refractivity contribution is -0.141. The number of likely N-dealkylation sites (tertiary alicyclic amines) is 1. The van der Waals surface area contributed by atoms with Crippen molar-refractivity contribution in [1.29, 1.82) is 0 Å². The molecule has 0 saturated carbocycles. The minimum Gasteiger partial charge on any atom is -0.378 e. The van der Waals surface area contributed by atoms with E-state index in [1.165, 1.54) is 11.1 Å². The maximum Gasteiger partial charge on any atom is 0.256 e. The van der Waals surface area contributed by atoms with E-state index in [2.05, 4.69) is 24.3 Å². The molecule has 1 aliphatic heterocycles. The minimum atomic E-state index is -1.12. The number of aliphatic hydroxyl groups is 1. The highest BCUT2D eigenvalue weighted by molar-refractivity contribution is 5.82. The van der Waals surface area contributed by atoms with Crippen molar-refractivity contribution in [2.75, 3.05) is 6.54 Å². The maximum absolute atomic E-state index is 13.2. The molecule has 1 amide bonds. The van der Waals surface area contributed by atoms with Crippen molar-refractivity contribution in [3.05, 3.63) is 108 Å². The van der Waals surface area contributed by atoms with Gasteiger partial charge in [0.05, 0.1) is 0 Å². The number of aliphatic hydroxyl groups excluding tert-OH is 1. The zero-order valence-corrected chi connectivity index (χ0v) is 15.8. The summed E-state index contributed by atoms with van der Waals surface area (Å²) < 4.78 is 0. The van der Waals surface area contributed by atoms with Gasteiger partial charge in [-0.15, -0.1) is 0 Å². The molecule has 1 N–H and O–H groups in total. The molecule has 0 aromatic heterocycles. The second-order valence-electron chi connectivity index (χ2n) is 7.35. The molecule has 1 fully saturated rings. The van der Waals surface area contributed by atoms with Crippen LogP contribution in [0.4, 0.5) is 0 Å². The SMILES string of the molecule is O=C([C@@H](O)c1ccccc1)N1CCC[C@@H]1C(c1ccccc1)c1ccccc1. The number of carbonyl (C=O) groups is 1. The molecule has 1 aliphatic rings. The molecule has 0 spiro atoms. The molecular weight excluding hydrogens is 346 g/mol. The first-order valence-electron chi connectivity index (χ1n) is 9.89. The van der Waals surface area contributed by atoms with Gasteiger partial charge in [-0.1, -0.05) is 91.0 Å². The van der Waals surface area contributed by atoms with Crippen LogP contribution in [0.5, 0.6) is 0 Å². The molecular formula is C25H25NO2. The molecule has 4 rings (SSSR count). The van der Waals surface area contributed by atoms with E-state index in [1.54, 1.807) is 12.1 Å². The zero-order chi connectivity index (χ0) is 19.3. The standard InChI is InChI=1S/C25H25NO2/c27-24(21-15-8-3-9-16-21)25(28)26-18-10-17-22(26)23(19-11-4-1-5-12-19)20-13-6-2-7-14-20/h1-9,11-16,22-24,27H,10,17-18H2/t22-,24+/m1/s1. The highest BCUT2D eigenvalue weighted by Gasteiger charge is 2.38. The Balaban J connectivity index is 1.67. The summed E-state index contributed by atoms with van der Waals surface area (Å²) in [6, 6.07) is 30.0. The maximum atomic E-state index is 13.2. The van der Waals surface area contributed by atoms with Crippen LogP contribution in [0.15, 0.2) is 91.0 Å². The van der Waals surface area contributed by atoms with Crippen molar-refractivity contribution >= 4 is 5.91 Å². The van der Waals surface area contributed by atoms with E-state index in [4.69, 9.17) is 0 Å². The summed E-state index contributed by atoms with van der Waals surface area (Å²) in [5.74, 6) is -0.109. The number of hydrogen-bond donors (Lipinski definition) is 1. The number of hydrogen-bond acceptors (Lipinski definition) is 2. The number of carbonyl (C=O) groups excluding carboxylic acids is 1. The largest absolute Gasteiger partial charge is 0.378 e. The molecule has 28 heavy (non-hydrogen) atoms. The third-order valence-electron chi connectivity index (χ3n) is 5.63. The van der Waals surface area contributed by atoms with E-state index in [9.17, 15) is 9.90 Å². The van der Waals surface area contributed by atoms with Crippen LogP contribution < -0.4 is 0 Å². The number of amides is 1. The van der Waals surface area contributed by atoms with Crippen LogP contribution in [-0.2, 0) is 4.79 Å². The van der Waals surface area contributed by atoms with Gasteiger partial charge >= 0.3 is 0 Å². The van der Waals surface area contributed by atoms with Gasteiger partial charge in [-0.3, -0.25) is 4.79 Å². The fourth-order valence-electron chi connectivity index (χ4n) is 4.31. The fraction of sp³-hybridized carbons (Fsp3) is 0.240. The van der Waals surface area contributed by atoms with Gasteiger partial charge in [0, 0.05) is 18.5 Å². The summed E-state index contributed by atoms with van der Waals surface area (Å²) in [5.41, 5.74) is 3.05. The van der Waals surface area contributed by atoms with Crippen molar-refractivity contribution in [1.82, 2.24) is 4.90 Å². The zero-order valence-electron chi connectivity index (χ0n) is 15.8. The molecule has 3 aromatic carbocycles. The van der Waals surface area contributed by atoms with Crippen LogP contribution in [0.3, 0.4) is 0 Å². The van der Waals surface area contributed by atoms with Gasteiger partial charge in [0.2, 0.25) is 0 Å². The highest BCUT2D eigenvalue weighted by atomic mass is 16.3. The average Bonchev–Trinajstić information content (AvgIpc) is 3.24. The van der Waals surface area contributed by atoms with Crippen molar-refractivity contribution in [3.63, 3.8) is 0 Å². The van der Waals surface area contributed by atoms with Gasteiger partial charge in [0.1, 0.15) is 0 Å². The lowest BCUT2D eigenvalue weighted by Gasteiger charge is -2.34. The van der Waals surface area contributed by atoms with Crippen LogP contribution in [0, 0.1) is 0 Å². The van der Waals surface area contributed by atoms with Crippen molar-refractivity contribution in [2.24, 2.45) is 0 Å². The number of nitrogens with zero attached hydrogens (tertiary/aromatic N) is 1. The van der Waals surface area contributed by atoms with Crippen LogP contribution in [0.2, 0.25) is 0 Å². The third kappa shape index (κ3) is 3.71. The Morgan fingerprint density at radius 2 is 1.25 bits per heavy atom. The van der Waals surface area contributed by atoms with E-state index in [0.717, 1.165) is 12.8 Å². The fourth-order valence-corrected chi connectivity index (χ4v) is 4.31. The summed E-state index contributed by atoms with van der Waals surface area (Å²) in [7, 11) is 0. The predicted molar refractivity (Wildman–Crippen MR) is 111 cm³/mol. The van der Waals surface area contributed by atoms with Crippen LogP contribution in [-0.4, -0.2) is 28.5 Å². The summed E-state index contributed by atoms with van der Waals surface area (Å²) >= 11 is 0. The molecule has 3 heteroatoms. The van der Waals surface area contributed by atoms with Crippen LogP contribution >= 0.6 is 0 Å². The Bertz CT molecular complexity index is 856. The summed E-state index contributed by atoms with van der Waals surface area (Å²) in [6.07, 6.45) is 0.768. The molecule has 2 atom stereocenters. The van der Waals surface area contributed by atoms with Gasteiger partial charge < -0.3 is 10.0 Å². The van der Waals surface area contributed by atoms with E-state index in [1.807, 2.05) is 59.5 Å². The monoisotopic (exact) mass is 371 g/mol. The quantitative estimate of drug-likeness (QED) is 0.715. The molecule has 142 valence electrons. The molecule has 3 aromatic rings. The Kier molecular flexibility index (Phi) is 5.54. The smallest absolute Gasteiger partial charge is 0.256 e. The molecule has 1 saturated heterocycles. The van der Waals surface area contributed by atoms with Crippen molar-refractivity contribution in [2.45, 2.75) is 30.9 Å². The van der Waals surface area contributed by atoms with E-state index in [-0.39, 0.29) is 17.9 Å². The molecule has 0 aliphatic carbocycles. The summed E-state index contributed by atoms with van der Waals surface area (Å²) in [5, 5.41) is 10.7. The number of benzene rings is 3. The second-order valence-corrected chi connectivity index (χ2v) is 7.35. The average molecular weight is 371 g/mol. The lowest BCUT2D eigenvalue weighted by Crippen LogP contribution is -2.42. The van der Waals surface area contributed by atoms with Gasteiger partial charge in [-0.25, -0.2) is 0 Å². The van der Waals surface area contributed by atoms with E-state index < -0.39 is 6.10 Å². The summed E-state index contributed by atoms with van der Waals surface area (Å²) in [6.45, 7) is 0.684. The van der Waals surface area contributed by atoms with E-state index >= 15 is 0 Å². The topological polar surface area (TPSA) is 40.5 Å². The van der Waals surface area contributed by atoms with Crippen molar-refractivity contribution < 1.29 is 9.90 Å². The predicted octanol–water partition coefficient (Wildman–Crippen LogP) is 4.54. The molecule has 3 nitrogen and oxygen atoms in total. The second kappa shape index (κ2) is 8.41. The van der Waals surface area contributed by atoms with Crippen molar-refractivity contribution in [3.8, 4) is 0 Å². The van der Waals surface area contributed by atoms with Gasteiger partial charge in [-0.05, 0) is 29.5 Å². The Labute approximate surface area is 166 Å². The van der Waals surface area contributed by atoms with Gasteiger partial charge in [0.25, 0.3) is 5.91 Å². The van der Waals surface area contributed by atoms with Gasteiger partial charge in [0.15, 0.2) is 6.10 Å². The van der Waals surface area contributed by atoms with Crippen LogP contribution in [0.1, 0.15) is 41.6 Å². The van der Waals surface area contributed by atoms with Gasteiger partial charge in [-0.2, -0.15) is 0 Å². The normalized spacial score (nSPS) is 17.6. The number of rotatable bonds is 5. The lowest BCUT2D eigenvalue weighted by atomic mass is 9.83. The molecule has 0 bridgehead atoms. The molecule has 0 radical (unpaired) electrons. The first-order chi connectivity index (χ1) is 13.8. The third-order valence-corrected chi connectivity index (χ3v) is 5.63. The molecule has 0 unspecified atom stereocenters. The Morgan fingerprint density at radius 1 is 0.786 bits per heavy atom. The highest BCUT2D eigenvalue weighted by Crippen LogP contribution is 2.37. The Morgan fingerprint density at radius 3 is 1.75 bits per heavy atom. The van der Waals surface area contributed by atoms with E-state index in [0.29, 0.717) is 12.1 Å². The molecule has 1 heterocycles. The first-order valence-corrected chi connectivity index (χ1v) is 9.89. The van der Waals surface area contributed by atoms with Crippen LogP contribution in [0.25, 0.3) is 0 Å². The Hall–Kier alpha value is -2.91.